The molecule has 2 aliphatic rings. The van der Waals surface area contributed by atoms with E-state index in [0.717, 1.165) is 44.3 Å². The molecular formula is C23H28N4O3. The smallest absolute Gasteiger partial charge is 0.225 e. The standard InChI is InChI=1S/C23H28N4O3/c28-17-20-3-1-2-4-21(20)23(30)8-13-27(14-9-23)22(29)19-6-11-26(12-7-19)16-18-5-10-24-25-15-18/h1-5,10,15,17,19,30H,6-9,11-14,16H2. The number of hydrogen-bond acceptors (Lipinski definition) is 6. The van der Waals surface area contributed by atoms with Crippen molar-refractivity contribution in [3.8, 4) is 0 Å². The van der Waals surface area contributed by atoms with Gasteiger partial charge in [-0.2, -0.15) is 10.2 Å². The van der Waals surface area contributed by atoms with Crippen molar-refractivity contribution in [2.45, 2.75) is 37.8 Å². The molecule has 30 heavy (non-hydrogen) atoms. The Balaban J connectivity index is 1.30. The van der Waals surface area contributed by atoms with Crippen LogP contribution in [0.4, 0.5) is 0 Å². The van der Waals surface area contributed by atoms with Crippen LogP contribution in [0.1, 0.15) is 47.2 Å². The minimum absolute atomic E-state index is 0.0465. The average molecular weight is 409 g/mol. The number of likely N-dealkylation sites (tertiary alicyclic amines) is 2. The Labute approximate surface area is 176 Å². The number of carbonyl (C=O) groups excluding carboxylic acids is 2. The molecule has 1 N–H and O–H groups in total. The van der Waals surface area contributed by atoms with Gasteiger partial charge in [-0.25, -0.2) is 0 Å². The molecule has 0 bridgehead atoms. The highest BCUT2D eigenvalue weighted by Crippen LogP contribution is 2.35. The van der Waals surface area contributed by atoms with Crippen molar-refractivity contribution in [3.63, 3.8) is 0 Å². The zero-order valence-electron chi connectivity index (χ0n) is 17.1. The molecule has 7 nitrogen and oxygen atoms in total. The molecule has 0 radical (unpaired) electrons. The Hall–Kier alpha value is -2.64. The van der Waals surface area contributed by atoms with Gasteiger partial charge in [0.25, 0.3) is 0 Å². The molecule has 1 amide bonds. The number of benzene rings is 1. The molecule has 2 saturated heterocycles. The summed E-state index contributed by atoms with van der Waals surface area (Å²) in [4.78, 5) is 28.6. The second-order valence-electron chi connectivity index (χ2n) is 8.36. The number of aldehydes is 1. The van der Waals surface area contributed by atoms with Crippen molar-refractivity contribution in [2.75, 3.05) is 26.2 Å². The fourth-order valence-electron chi connectivity index (χ4n) is 4.66. The van der Waals surface area contributed by atoms with Crippen LogP contribution < -0.4 is 0 Å². The Morgan fingerprint density at radius 2 is 1.83 bits per heavy atom. The molecule has 158 valence electrons. The molecule has 1 aromatic heterocycles. The summed E-state index contributed by atoms with van der Waals surface area (Å²) in [6.07, 6.45) is 6.90. The lowest BCUT2D eigenvalue weighted by molar-refractivity contribution is -0.141. The molecule has 0 spiro atoms. The van der Waals surface area contributed by atoms with E-state index in [4.69, 9.17) is 0 Å². The fraction of sp³-hybridized carbons (Fsp3) is 0.478. The maximum absolute atomic E-state index is 13.0. The van der Waals surface area contributed by atoms with Crippen LogP contribution in [0.5, 0.6) is 0 Å². The van der Waals surface area contributed by atoms with Crippen molar-refractivity contribution < 1.29 is 14.7 Å². The van der Waals surface area contributed by atoms with E-state index in [9.17, 15) is 14.7 Å². The van der Waals surface area contributed by atoms with E-state index in [1.807, 2.05) is 23.1 Å². The van der Waals surface area contributed by atoms with E-state index in [0.29, 0.717) is 37.1 Å². The van der Waals surface area contributed by atoms with E-state index in [-0.39, 0.29) is 11.8 Å². The normalized spacial score (nSPS) is 20.1. The molecule has 0 atom stereocenters. The highest BCUT2D eigenvalue weighted by molar-refractivity contribution is 5.79. The van der Waals surface area contributed by atoms with Gasteiger partial charge in [-0.15, -0.1) is 0 Å². The summed E-state index contributed by atoms with van der Waals surface area (Å²) in [5.41, 5.74) is 1.29. The molecule has 1 aromatic carbocycles. The zero-order valence-corrected chi connectivity index (χ0v) is 17.1. The Kier molecular flexibility index (Phi) is 6.20. The van der Waals surface area contributed by atoms with Gasteiger partial charge in [-0.05, 0) is 56.0 Å². The van der Waals surface area contributed by atoms with Crippen molar-refractivity contribution in [1.82, 2.24) is 20.0 Å². The molecule has 2 fully saturated rings. The first-order valence-corrected chi connectivity index (χ1v) is 10.6. The lowest BCUT2D eigenvalue weighted by Crippen LogP contribution is -2.49. The summed E-state index contributed by atoms with van der Waals surface area (Å²) in [6, 6.07) is 9.16. The lowest BCUT2D eigenvalue weighted by Gasteiger charge is -2.41. The van der Waals surface area contributed by atoms with Gasteiger partial charge in [0.05, 0.1) is 11.8 Å². The SMILES string of the molecule is O=Cc1ccccc1C1(O)CCN(C(=O)C2CCN(Cc3ccnnc3)CC2)CC1. The minimum Gasteiger partial charge on any atom is -0.385 e. The van der Waals surface area contributed by atoms with Gasteiger partial charge in [0.15, 0.2) is 0 Å². The monoisotopic (exact) mass is 408 g/mol. The fourth-order valence-corrected chi connectivity index (χ4v) is 4.66. The van der Waals surface area contributed by atoms with E-state index in [1.165, 1.54) is 0 Å². The molecule has 2 aromatic rings. The summed E-state index contributed by atoms with van der Waals surface area (Å²) in [6.45, 7) is 3.66. The van der Waals surface area contributed by atoms with E-state index in [1.54, 1.807) is 24.5 Å². The summed E-state index contributed by atoms with van der Waals surface area (Å²) in [7, 11) is 0. The van der Waals surface area contributed by atoms with E-state index in [2.05, 4.69) is 15.1 Å². The highest BCUT2D eigenvalue weighted by atomic mass is 16.3. The number of hydrogen-bond donors (Lipinski definition) is 1. The average Bonchev–Trinajstić information content (AvgIpc) is 2.80. The van der Waals surface area contributed by atoms with Gasteiger partial charge in [0.1, 0.15) is 6.29 Å². The molecule has 3 heterocycles. The third-order valence-corrected chi connectivity index (χ3v) is 6.48. The predicted molar refractivity (Wildman–Crippen MR) is 112 cm³/mol. The van der Waals surface area contributed by atoms with Crippen molar-refractivity contribution in [3.05, 3.63) is 59.4 Å². The summed E-state index contributed by atoms with van der Waals surface area (Å²) in [5, 5.41) is 18.9. The maximum Gasteiger partial charge on any atom is 0.225 e. The summed E-state index contributed by atoms with van der Waals surface area (Å²) < 4.78 is 0. The zero-order chi connectivity index (χ0) is 21.0. The van der Waals surface area contributed by atoms with Crippen LogP contribution in [0.25, 0.3) is 0 Å². The van der Waals surface area contributed by atoms with Crippen LogP contribution >= 0.6 is 0 Å². The molecule has 0 unspecified atom stereocenters. The van der Waals surface area contributed by atoms with Crippen molar-refractivity contribution >= 4 is 12.2 Å². The van der Waals surface area contributed by atoms with Gasteiger partial charge in [-0.1, -0.05) is 24.3 Å². The summed E-state index contributed by atoms with van der Waals surface area (Å²) >= 11 is 0. The number of rotatable bonds is 5. The van der Waals surface area contributed by atoms with Crippen LogP contribution in [0, 0.1) is 5.92 Å². The van der Waals surface area contributed by atoms with Gasteiger partial charge in [0, 0.05) is 37.3 Å². The van der Waals surface area contributed by atoms with Crippen LogP contribution in [-0.4, -0.2) is 63.5 Å². The lowest BCUT2D eigenvalue weighted by atomic mass is 9.81. The van der Waals surface area contributed by atoms with E-state index < -0.39 is 5.60 Å². The minimum atomic E-state index is -1.05. The van der Waals surface area contributed by atoms with Crippen LogP contribution in [0.15, 0.2) is 42.7 Å². The van der Waals surface area contributed by atoms with Gasteiger partial charge < -0.3 is 10.0 Å². The molecular weight excluding hydrogens is 380 g/mol. The third-order valence-electron chi connectivity index (χ3n) is 6.48. The Bertz CT molecular complexity index is 873. The first-order chi connectivity index (χ1) is 14.6. The second-order valence-corrected chi connectivity index (χ2v) is 8.36. The molecule has 2 aliphatic heterocycles. The molecule has 0 saturated carbocycles. The maximum atomic E-state index is 13.0. The Morgan fingerprint density at radius 3 is 2.50 bits per heavy atom. The number of carbonyl (C=O) groups is 2. The summed E-state index contributed by atoms with van der Waals surface area (Å²) in [5.74, 6) is 0.246. The number of aromatic nitrogens is 2. The number of piperidine rings is 2. The largest absolute Gasteiger partial charge is 0.385 e. The predicted octanol–water partition coefficient (Wildman–Crippen LogP) is 2.01. The van der Waals surface area contributed by atoms with Crippen LogP contribution in [0.3, 0.4) is 0 Å². The first kappa shape index (κ1) is 20.6. The quantitative estimate of drug-likeness (QED) is 0.762. The van der Waals surface area contributed by atoms with Gasteiger partial charge in [0.2, 0.25) is 5.91 Å². The third kappa shape index (κ3) is 4.42. The topological polar surface area (TPSA) is 86.6 Å². The van der Waals surface area contributed by atoms with Gasteiger partial charge in [-0.3, -0.25) is 14.5 Å². The van der Waals surface area contributed by atoms with Crippen LogP contribution in [-0.2, 0) is 16.9 Å². The molecule has 4 rings (SSSR count). The van der Waals surface area contributed by atoms with Gasteiger partial charge >= 0.3 is 0 Å². The number of amides is 1. The molecule has 7 heteroatoms. The van der Waals surface area contributed by atoms with Crippen LogP contribution in [0.2, 0.25) is 0 Å². The molecule has 0 aliphatic carbocycles. The van der Waals surface area contributed by atoms with Crippen molar-refractivity contribution in [2.24, 2.45) is 5.92 Å². The van der Waals surface area contributed by atoms with E-state index >= 15 is 0 Å². The first-order valence-electron chi connectivity index (χ1n) is 10.6. The van der Waals surface area contributed by atoms with Crippen molar-refractivity contribution in [1.29, 1.82) is 0 Å². The Morgan fingerprint density at radius 1 is 1.10 bits per heavy atom. The highest BCUT2D eigenvalue weighted by Gasteiger charge is 2.38. The number of aliphatic hydroxyl groups is 1. The number of nitrogens with zero attached hydrogens (tertiary/aromatic N) is 4. The second kappa shape index (κ2) is 9.02.